The summed E-state index contributed by atoms with van der Waals surface area (Å²) in [5, 5.41) is 12.9. The summed E-state index contributed by atoms with van der Waals surface area (Å²) in [5.41, 5.74) is 1.81. The molecule has 0 radical (unpaired) electrons. The Morgan fingerprint density at radius 2 is 2.21 bits per heavy atom. The summed E-state index contributed by atoms with van der Waals surface area (Å²) < 4.78 is 5.35. The predicted molar refractivity (Wildman–Crippen MR) is 94.0 cm³/mol. The third kappa shape index (κ3) is 4.35. The van der Waals surface area contributed by atoms with E-state index in [2.05, 4.69) is 10.3 Å². The molecule has 1 heterocycles. The van der Waals surface area contributed by atoms with E-state index in [9.17, 15) is 4.79 Å². The van der Waals surface area contributed by atoms with Gasteiger partial charge in [0.15, 0.2) is 0 Å². The highest BCUT2D eigenvalue weighted by Crippen LogP contribution is 2.27. The summed E-state index contributed by atoms with van der Waals surface area (Å²) in [7, 11) is 3.38. The fourth-order valence-corrected chi connectivity index (χ4v) is 2.49. The average molecular weight is 331 g/mol. The number of aliphatic hydroxyl groups is 1. The van der Waals surface area contributed by atoms with Gasteiger partial charge in [0.2, 0.25) is 0 Å². The van der Waals surface area contributed by atoms with Crippen molar-refractivity contribution >= 4 is 16.9 Å². The number of nitrogens with one attached hydrogen (secondary N) is 1. The van der Waals surface area contributed by atoms with Crippen molar-refractivity contribution in [1.29, 1.82) is 0 Å². The number of ether oxygens (including phenoxy) is 1. The lowest BCUT2D eigenvalue weighted by molar-refractivity contribution is 0.202. The Kier molecular flexibility index (Phi) is 6.37. The van der Waals surface area contributed by atoms with Crippen molar-refractivity contribution < 1.29 is 14.6 Å². The number of hydrogen-bond acceptors (Lipinski definition) is 4. The topological polar surface area (TPSA) is 74.7 Å². The molecule has 2 amide bonds. The van der Waals surface area contributed by atoms with E-state index in [1.165, 1.54) is 0 Å². The van der Waals surface area contributed by atoms with Gasteiger partial charge in [-0.3, -0.25) is 4.98 Å². The van der Waals surface area contributed by atoms with E-state index in [-0.39, 0.29) is 18.6 Å². The van der Waals surface area contributed by atoms with Crippen LogP contribution in [0.1, 0.15) is 18.9 Å². The van der Waals surface area contributed by atoms with E-state index in [0.717, 1.165) is 28.6 Å². The van der Waals surface area contributed by atoms with Gasteiger partial charge in [0.1, 0.15) is 11.3 Å². The molecule has 130 valence electrons. The first-order valence-corrected chi connectivity index (χ1v) is 8.07. The normalized spacial score (nSPS) is 12.0. The molecule has 1 aromatic carbocycles. The van der Waals surface area contributed by atoms with Gasteiger partial charge < -0.3 is 20.1 Å². The van der Waals surface area contributed by atoms with Crippen LogP contribution in [0, 0.1) is 5.92 Å². The van der Waals surface area contributed by atoms with Crippen LogP contribution in [-0.4, -0.2) is 48.3 Å². The largest absolute Gasteiger partial charge is 0.494 e. The molecule has 2 rings (SSSR count). The fraction of sp³-hybridized carbons (Fsp3) is 0.444. The molecule has 1 atom stereocenters. The Hall–Kier alpha value is -2.34. The number of rotatable bonds is 7. The molecular weight excluding hydrogens is 306 g/mol. The number of nitrogens with zero attached hydrogens (tertiary/aromatic N) is 2. The van der Waals surface area contributed by atoms with Crippen molar-refractivity contribution in [2.24, 2.45) is 5.92 Å². The molecule has 1 aromatic heterocycles. The maximum absolute atomic E-state index is 12.2. The smallest absolute Gasteiger partial charge is 0.317 e. The molecular formula is C18H25N3O3. The Morgan fingerprint density at radius 3 is 2.92 bits per heavy atom. The maximum Gasteiger partial charge on any atom is 0.317 e. The molecule has 6 nitrogen and oxygen atoms in total. The molecule has 0 saturated heterocycles. The van der Waals surface area contributed by atoms with Crippen molar-refractivity contribution in [2.75, 3.05) is 27.3 Å². The van der Waals surface area contributed by atoms with Crippen LogP contribution < -0.4 is 10.1 Å². The fourth-order valence-electron chi connectivity index (χ4n) is 2.49. The van der Waals surface area contributed by atoms with E-state index in [1.807, 2.05) is 31.2 Å². The lowest BCUT2D eigenvalue weighted by Gasteiger charge is -2.20. The molecule has 0 aliphatic rings. The van der Waals surface area contributed by atoms with Crippen LogP contribution in [0.2, 0.25) is 0 Å². The second kappa shape index (κ2) is 8.49. The monoisotopic (exact) mass is 331 g/mol. The number of aromatic nitrogens is 1. The van der Waals surface area contributed by atoms with Gasteiger partial charge in [0.25, 0.3) is 0 Å². The van der Waals surface area contributed by atoms with Gasteiger partial charge in [0, 0.05) is 38.3 Å². The Balaban J connectivity index is 2.05. The number of amides is 2. The summed E-state index contributed by atoms with van der Waals surface area (Å²) in [4.78, 5) is 18.2. The average Bonchev–Trinajstić information content (AvgIpc) is 2.61. The highest BCUT2D eigenvalue weighted by Gasteiger charge is 2.13. The summed E-state index contributed by atoms with van der Waals surface area (Å²) in [5.74, 6) is 0.909. The molecule has 2 N–H and O–H groups in total. The molecule has 0 aliphatic heterocycles. The van der Waals surface area contributed by atoms with E-state index in [1.54, 1.807) is 25.3 Å². The Morgan fingerprint density at radius 1 is 1.42 bits per heavy atom. The quantitative estimate of drug-likeness (QED) is 0.817. The predicted octanol–water partition coefficient (Wildman–Crippen LogP) is 2.40. The van der Waals surface area contributed by atoms with E-state index in [0.29, 0.717) is 13.1 Å². The van der Waals surface area contributed by atoms with Gasteiger partial charge in [-0.25, -0.2) is 4.79 Å². The van der Waals surface area contributed by atoms with Gasteiger partial charge in [-0.15, -0.1) is 0 Å². The Bertz CT molecular complexity index is 690. The lowest BCUT2D eigenvalue weighted by Crippen LogP contribution is -2.37. The minimum atomic E-state index is -0.131. The van der Waals surface area contributed by atoms with Crippen LogP contribution in [0.4, 0.5) is 4.79 Å². The number of urea groups is 1. The van der Waals surface area contributed by atoms with Gasteiger partial charge in [0.05, 0.1) is 7.11 Å². The zero-order chi connectivity index (χ0) is 17.5. The first-order chi connectivity index (χ1) is 11.6. The van der Waals surface area contributed by atoms with Gasteiger partial charge in [-0.1, -0.05) is 19.1 Å². The number of methoxy groups -OCH3 is 1. The lowest BCUT2D eigenvalue weighted by atomic mass is 10.1. The molecule has 0 unspecified atom stereocenters. The first kappa shape index (κ1) is 18.0. The number of pyridine rings is 1. The van der Waals surface area contributed by atoms with Crippen LogP contribution in [0.25, 0.3) is 10.9 Å². The van der Waals surface area contributed by atoms with E-state index >= 15 is 0 Å². The van der Waals surface area contributed by atoms with E-state index in [4.69, 9.17) is 9.84 Å². The summed E-state index contributed by atoms with van der Waals surface area (Å²) >= 11 is 0. The van der Waals surface area contributed by atoms with Crippen LogP contribution in [-0.2, 0) is 6.54 Å². The number of aliphatic hydroxyl groups excluding tert-OH is 1. The SMILES string of the molecule is COc1ccc(CN(C)C(=O)NCC[C@@H](C)CO)c2cccnc12. The van der Waals surface area contributed by atoms with Crippen LogP contribution in [0.3, 0.4) is 0 Å². The maximum atomic E-state index is 12.2. The van der Waals surface area contributed by atoms with Crippen molar-refractivity contribution in [3.05, 3.63) is 36.0 Å². The highest BCUT2D eigenvalue weighted by atomic mass is 16.5. The second-order valence-corrected chi connectivity index (χ2v) is 5.99. The summed E-state index contributed by atoms with van der Waals surface area (Å²) in [6, 6.07) is 7.56. The molecule has 0 aliphatic carbocycles. The third-order valence-electron chi connectivity index (χ3n) is 4.02. The number of benzene rings is 1. The molecule has 0 spiro atoms. The van der Waals surface area contributed by atoms with Crippen molar-refractivity contribution in [1.82, 2.24) is 15.2 Å². The van der Waals surface area contributed by atoms with Crippen molar-refractivity contribution in [2.45, 2.75) is 19.9 Å². The molecule has 0 bridgehead atoms. The summed E-state index contributed by atoms with van der Waals surface area (Å²) in [6.07, 6.45) is 2.48. The molecule has 2 aromatic rings. The van der Waals surface area contributed by atoms with Crippen molar-refractivity contribution in [3.8, 4) is 5.75 Å². The number of carbonyl (C=O) groups excluding carboxylic acids is 1. The number of fused-ring (bicyclic) bond motifs is 1. The van der Waals surface area contributed by atoms with Gasteiger partial charge in [-0.05, 0) is 30.0 Å². The minimum Gasteiger partial charge on any atom is -0.494 e. The van der Waals surface area contributed by atoms with Crippen LogP contribution in [0.15, 0.2) is 30.5 Å². The standard InChI is InChI=1S/C18H25N3O3/c1-13(12-22)8-10-20-18(23)21(2)11-14-6-7-16(24-3)17-15(14)5-4-9-19-17/h4-7,9,13,22H,8,10-12H2,1-3H3,(H,20,23)/t13-/m1/s1. The van der Waals surface area contributed by atoms with Gasteiger partial charge >= 0.3 is 6.03 Å². The molecule has 6 heteroatoms. The third-order valence-corrected chi connectivity index (χ3v) is 4.02. The van der Waals surface area contributed by atoms with Crippen molar-refractivity contribution in [3.63, 3.8) is 0 Å². The number of carbonyl (C=O) groups is 1. The number of hydrogen-bond donors (Lipinski definition) is 2. The minimum absolute atomic E-state index is 0.131. The Labute approximate surface area is 142 Å². The van der Waals surface area contributed by atoms with E-state index < -0.39 is 0 Å². The van der Waals surface area contributed by atoms with Gasteiger partial charge in [-0.2, -0.15) is 0 Å². The highest BCUT2D eigenvalue weighted by molar-refractivity contribution is 5.87. The molecule has 0 fully saturated rings. The molecule has 0 saturated carbocycles. The van der Waals surface area contributed by atoms with Crippen LogP contribution in [0.5, 0.6) is 5.75 Å². The first-order valence-electron chi connectivity index (χ1n) is 8.07. The van der Waals surface area contributed by atoms with Crippen LogP contribution >= 0.6 is 0 Å². The summed E-state index contributed by atoms with van der Waals surface area (Å²) in [6.45, 7) is 3.12. The zero-order valence-corrected chi connectivity index (χ0v) is 14.5. The zero-order valence-electron chi connectivity index (χ0n) is 14.5. The molecule has 24 heavy (non-hydrogen) atoms. The second-order valence-electron chi connectivity index (χ2n) is 5.99.